The second-order valence-corrected chi connectivity index (χ2v) is 7.31. The lowest BCUT2D eigenvalue weighted by Gasteiger charge is -2.19. The van der Waals surface area contributed by atoms with Crippen LogP contribution in [0, 0.1) is 20.8 Å². The Balaban J connectivity index is 1.95. The third-order valence-electron chi connectivity index (χ3n) is 5.13. The molecule has 0 aliphatic rings. The minimum absolute atomic E-state index is 0.0245. The first-order valence-electron chi connectivity index (χ1n) is 9.68. The summed E-state index contributed by atoms with van der Waals surface area (Å²) in [7, 11) is 1.40. The van der Waals surface area contributed by atoms with Crippen LogP contribution in [0.15, 0.2) is 33.5 Å². The molecule has 31 heavy (non-hydrogen) atoms. The van der Waals surface area contributed by atoms with Crippen LogP contribution in [0.5, 0.6) is 17.2 Å². The molecule has 1 aromatic carbocycles. The van der Waals surface area contributed by atoms with Gasteiger partial charge in [-0.2, -0.15) is 5.10 Å². The quantitative estimate of drug-likeness (QED) is 0.455. The molecule has 164 valence electrons. The zero-order valence-electron chi connectivity index (χ0n) is 17.8. The molecular weight excluding hydrogens is 402 g/mol. The second-order valence-electron chi connectivity index (χ2n) is 7.31. The van der Waals surface area contributed by atoms with Crippen molar-refractivity contribution in [3.8, 4) is 17.2 Å². The van der Waals surface area contributed by atoms with Gasteiger partial charge in [0.15, 0.2) is 17.3 Å². The van der Waals surface area contributed by atoms with E-state index in [1.807, 2.05) is 13.8 Å². The number of nitrogens with zero attached hydrogens (tertiary/aromatic N) is 1. The normalized spacial score (nSPS) is 11.9. The molecule has 3 rings (SSSR count). The van der Waals surface area contributed by atoms with E-state index in [0.717, 1.165) is 17.0 Å². The van der Waals surface area contributed by atoms with Gasteiger partial charge in [0.1, 0.15) is 5.76 Å². The highest BCUT2D eigenvalue weighted by Crippen LogP contribution is 2.37. The molecule has 0 spiro atoms. The Morgan fingerprint density at radius 2 is 2.00 bits per heavy atom. The van der Waals surface area contributed by atoms with Crippen molar-refractivity contribution in [3.63, 3.8) is 0 Å². The van der Waals surface area contributed by atoms with Crippen LogP contribution < -0.4 is 15.5 Å². The number of carbonyl (C=O) groups is 1. The lowest BCUT2D eigenvalue weighted by atomic mass is 9.91. The second kappa shape index (κ2) is 8.95. The summed E-state index contributed by atoms with van der Waals surface area (Å²) in [5, 5.41) is 30.1. The zero-order valence-corrected chi connectivity index (χ0v) is 17.8. The predicted octanol–water partition coefficient (Wildman–Crippen LogP) is 2.55. The van der Waals surface area contributed by atoms with Crippen molar-refractivity contribution in [1.82, 2.24) is 15.5 Å². The maximum absolute atomic E-state index is 12.8. The molecule has 0 fully saturated rings. The maximum atomic E-state index is 12.8. The number of aromatic nitrogens is 2. The monoisotopic (exact) mass is 427 g/mol. The van der Waals surface area contributed by atoms with E-state index >= 15 is 0 Å². The zero-order chi connectivity index (χ0) is 22.7. The van der Waals surface area contributed by atoms with Crippen molar-refractivity contribution in [2.24, 2.45) is 0 Å². The molecule has 4 N–H and O–H groups in total. The number of hydrogen-bond donors (Lipinski definition) is 4. The fourth-order valence-corrected chi connectivity index (χ4v) is 3.41. The van der Waals surface area contributed by atoms with Crippen LogP contribution in [-0.2, 0) is 11.3 Å². The molecule has 0 aliphatic carbocycles. The van der Waals surface area contributed by atoms with Gasteiger partial charge in [-0.05, 0) is 38.5 Å². The lowest BCUT2D eigenvalue weighted by Crippen LogP contribution is -2.26. The number of H-pyrrole nitrogens is 1. The van der Waals surface area contributed by atoms with Gasteiger partial charge in [0, 0.05) is 30.3 Å². The van der Waals surface area contributed by atoms with Crippen LogP contribution in [0.4, 0.5) is 0 Å². The molecule has 0 saturated carbocycles. The van der Waals surface area contributed by atoms with Crippen molar-refractivity contribution >= 4 is 5.91 Å². The summed E-state index contributed by atoms with van der Waals surface area (Å²) in [5.74, 6) is -1.26. The fraction of sp³-hybridized carbons (Fsp3) is 0.318. The number of aromatic amines is 1. The molecule has 0 aliphatic heterocycles. The molecule has 0 bridgehead atoms. The molecule has 1 amide bonds. The average Bonchev–Trinajstić information content (AvgIpc) is 3.05. The van der Waals surface area contributed by atoms with Gasteiger partial charge < -0.3 is 24.7 Å². The smallest absolute Gasteiger partial charge is 0.227 e. The largest absolute Gasteiger partial charge is 0.504 e. The molecule has 0 unspecified atom stereocenters. The number of carbonyl (C=O) groups excluding carboxylic acids is 1. The van der Waals surface area contributed by atoms with E-state index in [1.54, 1.807) is 19.1 Å². The Kier molecular flexibility index (Phi) is 6.33. The first-order valence-corrected chi connectivity index (χ1v) is 9.68. The number of amides is 1. The highest BCUT2D eigenvalue weighted by atomic mass is 16.5. The van der Waals surface area contributed by atoms with E-state index in [9.17, 15) is 19.8 Å². The summed E-state index contributed by atoms with van der Waals surface area (Å²) >= 11 is 0. The summed E-state index contributed by atoms with van der Waals surface area (Å²) in [5.41, 5.74) is 2.48. The van der Waals surface area contributed by atoms with E-state index < -0.39 is 17.1 Å². The third kappa shape index (κ3) is 4.71. The first kappa shape index (κ1) is 21.9. The Morgan fingerprint density at radius 1 is 1.26 bits per heavy atom. The SMILES string of the molecule is COc1cc([C@H](CC(=O)NCc2c(C)n[nH]c2C)c2oc(C)cc(=O)c2O)ccc1O. The Labute approximate surface area is 178 Å². The van der Waals surface area contributed by atoms with Gasteiger partial charge in [-0.25, -0.2) is 0 Å². The Bertz CT molecular complexity index is 1150. The number of ether oxygens (including phenoxy) is 1. The van der Waals surface area contributed by atoms with Crippen LogP contribution in [0.1, 0.15) is 46.4 Å². The van der Waals surface area contributed by atoms with Crippen molar-refractivity contribution in [3.05, 3.63) is 68.5 Å². The van der Waals surface area contributed by atoms with Gasteiger partial charge in [0.25, 0.3) is 0 Å². The van der Waals surface area contributed by atoms with Crippen molar-refractivity contribution < 1.29 is 24.2 Å². The van der Waals surface area contributed by atoms with E-state index in [0.29, 0.717) is 11.3 Å². The lowest BCUT2D eigenvalue weighted by molar-refractivity contribution is -0.121. The Hall–Kier alpha value is -3.75. The molecule has 0 saturated heterocycles. The molecule has 9 heteroatoms. The summed E-state index contributed by atoms with van der Waals surface area (Å²) in [6.07, 6.45) is -0.107. The van der Waals surface area contributed by atoms with E-state index in [-0.39, 0.29) is 36.1 Å². The standard InChI is InChI=1S/C22H25N3O6/c1-11-7-18(27)21(29)22(31-11)15(14-5-6-17(26)19(8-14)30-4)9-20(28)23-10-16-12(2)24-25-13(16)3/h5-8,15,26,29H,9-10H2,1-4H3,(H,23,28)(H,24,25)/t15-/m0/s1. The minimum Gasteiger partial charge on any atom is -0.504 e. The highest BCUT2D eigenvalue weighted by Gasteiger charge is 2.27. The van der Waals surface area contributed by atoms with Crippen molar-refractivity contribution in [2.45, 2.75) is 39.7 Å². The molecule has 9 nitrogen and oxygen atoms in total. The molecule has 3 aromatic rings. The molecular formula is C22H25N3O6. The maximum Gasteiger partial charge on any atom is 0.227 e. The number of nitrogens with one attached hydrogen (secondary N) is 2. The third-order valence-corrected chi connectivity index (χ3v) is 5.13. The molecule has 2 heterocycles. The van der Waals surface area contributed by atoms with Crippen LogP contribution in [-0.4, -0.2) is 33.4 Å². The van der Waals surface area contributed by atoms with Crippen molar-refractivity contribution in [1.29, 1.82) is 0 Å². The average molecular weight is 427 g/mol. The summed E-state index contributed by atoms with van der Waals surface area (Å²) < 4.78 is 10.8. The topological polar surface area (TPSA) is 138 Å². The number of aryl methyl sites for hydroxylation is 3. The number of aromatic hydroxyl groups is 2. The summed E-state index contributed by atoms with van der Waals surface area (Å²) in [6.45, 7) is 5.58. The number of phenols is 1. The first-order chi connectivity index (χ1) is 14.7. The van der Waals surface area contributed by atoms with E-state index in [4.69, 9.17) is 9.15 Å². The number of rotatable bonds is 7. The predicted molar refractivity (Wildman–Crippen MR) is 112 cm³/mol. The van der Waals surface area contributed by atoms with Gasteiger partial charge in [-0.1, -0.05) is 6.07 Å². The number of benzene rings is 1. The number of phenolic OH excluding ortho intramolecular Hbond substituents is 1. The van der Waals surface area contributed by atoms with E-state index in [2.05, 4.69) is 15.5 Å². The molecule has 0 radical (unpaired) electrons. The van der Waals surface area contributed by atoms with Gasteiger partial charge >= 0.3 is 0 Å². The van der Waals surface area contributed by atoms with Crippen LogP contribution in [0.3, 0.4) is 0 Å². The van der Waals surface area contributed by atoms with Crippen molar-refractivity contribution in [2.75, 3.05) is 7.11 Å². The van der Waals surface area contributed by atoms with Gasteiger partial charge in [-0.3, -0.25) is 14.7 Å². The van der Waals surface area contributed by atoms with E-state index in [1.165, 1.54) is 19.2 Å². The number of methoxy groups -OCH3 is 1. The van der Waals surface area contributed by atoms with Gasteiger partial charge in [0.2, 0.25) is 17.1 Å². The Morgan fingerprint density at radius 3 is 2.65 bits per heavy atom. The molecule has 2 aromatic heterocycles. The van der Waals surface area contributed by atoms with Crippen LogP contribution >= 0.6 is 0 Å². The minimum atomic E-state index is -0.784. The summed E-state index contributed by atoms with van der Waals surface area (Å²) in [6, 6.07) is 5.72. The molecule has 1 atom stereocenters. The van der Waals surface area contributed by atoms with Crippen LogP contribution in [0.25, 0.3) is 0 Å². The highest BCUT2D eigenvalue weighted by molar-refractivity contribution is 5.77. The van der Waals surface area contributed by atoms with Crippen LogP contribution in [0.2, 0.25) is 0 Å². The fourth-order valence-electron chi connectivity index (χ4n) is 3.41. The number of hydrogen-bond acceptors (Lipinski definition) is 7. The summed E-state index contributed by atoms with van der Waals surface area (Å²) in [4.78, 5) is 24.9. The van der Waals surface area contributed by atoms with Gasteiger partial charge in [0.05, 0.1) is 18.7 Å². The van der Waals surface area contributed by atoms with Gasteiger partial charge in [-0.15, -0.1) is 0 Å².